The summed E-state index contributed by atoms with van der Waals surface area (Å²) in [7, 11) is 4.05. The summed E-state index contributed by atoms with van der Waals surface area (Å²) in [4.78, 5) is 4.26. The van der Waals surface area contributed by atoms with Crippen molar-refractivity contribution in [1.29, 1.82) is 0 Å². The first kappa shape index (κ1) is 33.1. The van der Waals surface area contributed by atoms with Crippen LogP contribution in [-0.4, -0.2) is 47.2 Å². The Bertz CT molecular complexity index is 1480. The molecular formula is C38H42BrN3O2. The minimum atomic E-state index is -0.467. The number of para-hydroxylation sites is 1. The number of rotatable bonds is 12. The Morgan fingerprint density at radius 2 is 0.886 bits per heavy atom. The van der Waals surface area contributed by atoms with Crippen LogP contribution in [0.4, 0.5) is 11.4 Å². The average Bonchev–Trinajstić information content (AvgIpc) is 3.04. The van der Waals surface area contributed by atoms with Gasteiger partial charge in [0.15, 0.2) is 0 Å². The van der Waals surface area contributed by atoms with Crippen LogP contribution in [-0.2, 0) is 13.1 Å². The molecule has 0 aromatic heterocycles. The van der Waals surface area contributed by atoms with Crippen molar-refractivity contribution in [3.63, 3.8) is 0 Å². The lowest BCUT2D eigenvalue weighted by Crippen LogP contribution is -2.24. The number of nitrogens with one attached hydrogen (secondary N) is 1. The van der Waals surface area contributed by atoms with Crippen LogP contribution in [0.5, 0.6) is 0 Å². The van der Waals surface area contributed by atoms with Crippen molar-refractivity contribution in [2.24, 2.45) is 0 Å². The summed E-state index contributed by atoms with van der Waals surface area (Å²) in [6.07, 6.45) is -0.910. The highest BCUT2D eigenvalue weighted by atomic mass is 79.9. The molecule has 5 rings (SSSR count). The Hall–Kier alpha value is -3.78. The summed E-state index contributed by atoms with van der Waals surface area (Å²) < 4.78 is 1.09. The molecule has 0 fully saturated rings. The third kappa shape index (κ3) is 11.4. The van der Waals surface area contributed by atoms with Gasteiger partial charge in [0.1, 0.15) is 0 Å². The number of anilines is 2. The highest BCUT2D eigenvalue weighted by molar-refractivity contribution is 9.10. The molecule has 2 atom stereocenters. The number of benzene rings is 5. The second-order valence-electron chi connectivity index (χ2n) is 11.1. The summed E-state index contributed by atoms with van der Waals surface area (Å²) in [5.41, 5.74) is 6.54. The molecule has 3 N–H and O–H groups in total. The normalized spacial score (nSPS) is 12.3. The zero-order valence-electron chi connectivity index (χ0n) is 25.4. The molecule has 0 aliphatic carbocycles. The highest BCUT2D eigenvalue weighted by Crippen LogP contribution is 2.19. The minimum Gasteiger partial charge on any atom is -0.387 e. The van der Waals surface area contributed by atoms with Gasteiger partial charge in [-0.2, -0.15) is 0 Å². The van der Waals surface area contributed by atoms with Crippen molar-refractivity contribution >= 4 is 27.3 Å². The molecule has 0 saturated heterocycles. The van der Waals surface area contributed by atoms with Gasteiger partial charge in [0.25, 0.3) is 0 Å². The quantitative estimate of drug-likeness (QED) is 0.127. The van der Waals surface area contributed by atoms with Crippen LogP contribution in [0.3, 0.4) is 0 Å². The first-order valence-corrected chi connectivity index (χ1v) is 15.6. The fourth-order valence-electron chi connectivity index (χ4n) is 4.88. The Kier molecular flexibility index (Phi) is 13.2. The molecule has 0 aliphatic heterocycles. The van der Waals surface area contributed by atoms with Crippen LogP contribution >= 0.6 is 15.9 Å². The fraction of sp³-hybridized carbons (Fsp3) is 0.211. The van der Waals surface area contributed by atoms with Gasteiger partial charge in [-0.1, -0.05) is 119 Å². The second kappa shape index (κ2) is 17.5. The van der Waals surface area contributed by atoms with E-state index in [1.807, 2.05) is 117 Å². The molecule has 0 aliphatic rings. The maximum atomic E-state index is 10.3. The van der Waals surface area contributed by atoms with E-state index in [1.54, 1.807) is 0 Å². The van der Waals surface area contributed by atoms with E-state index in [-0.39, 0.29) is 0 Å². The van der Waals surface area contributed by atoms with Crippen molar-refractivity contribution < 1.29 is 10.2 Å². The Labute approximate surface area is 270 Å². The van der Waals surface area contributed by atoms with Crippen LogP contribution in [0.2, 0.25) is 0 Å². The third-order valence-electron chi connectivity index (χ3n) is 7.17. The first-order valence-electron chi connectivity index (χ1n) is 14.8. The lowest BCUT2D eigenvalue weighted by Gasteiger charge is -2.21. The molecule has 5 nitrogen and oxygen atoms in total. The molecule has 6 heteroatoms. The topological polar surface area (TPSA) is 59.0 Å². The molecule has 0 saturated carbocycles. The molecule has 0 amide bonds. The van der Waals surface area contributed by atoms with Gasteiger partial charge < -0.3 is 15.5 Å². The largest absolute Gasteiger partial charge is 0.387 e. The van der Waals surface area contributed by atoms with E-state index in [0.717, 1.165) is 40.1 Å². The van der Waals surface area contributed by atoms with Crippen LogP contribution in [0.25, 0.3) is 0 Å². The number of nitrogens with zero attached hydrogens (tertiary/aromatic N) is 2. The summed E-state index contributed by atoms with van der Waals surface area (Å²) in [6, 6.07) is 46.4. The van der Waals surface area contributed by atoms with Gasteiger partial charge in [0.05, 0.1) is 12.2 Å². The second-order valence-corrected chi connectivity index (χ2v) is 12.0. The number of aliphatic hydroxyl groups excluding tert-OH is 2. The van der Waals surface area contributed by atoms with Gasteiger partial charge >= 0.3 is 0 Å². The maximum Gasteiger partial charge on any atom is 0.0916 e. The smallest absolute Gasteiger partial charge is 0.0916 e. The number of aliphatic hydroxyl groups is 2. The van der Waals surface area contributed by atoms with E-state index in [9.17, 15) is 10.2 Å². The Morgan fingerprint density at radius 3 is 1.32 bits per heavy atom. The molecule has 5 aromatic rings. The van der Waals surface area contributed by atoms with Crippen molar-refractivity contribution in [3.05, 3.63) is 166 Å². The lowest BCUT2D eigenvalue weighted by atomic mass is 10.1. The minimum absolute atomic E-state index is 0.443. The van der Waals surface area contributed by atoms with Crippen molar-refractivity contribution in [2.75, 3.05) is 32.5 Å². The summed E-state index contributed by atoms with van der Waals surface area (Å²) in [6.45, 7) is 2.86. The lowest BCUT2D eigenvalue weighted by molar-refractivity contribution is 0.123. The Morgan fingerprint density at radius 1 is 0.523 bits per heavy atom. The van der Waals surface area contributed by atoms with E-state index < -0.39 is 12.2 Å². The van der Waals surface area contributed by atoms with Gasteiger partial charge in [-0.25, -0.2) is 0 Å². The molecule has 0 radical (unpaired) electrons. The van der Waals surface area contributed by atoms with E-state index in [2.05, 4.69) is 67.4 Å². The molecule has 0 unspecified atom stereocenters. The standard InChI is InChI=1S/C22H24N2O.C16H18BrNO/c1-24(17-22(25)19-8-4-2-5-9-19)16-18-12-14-21(15-13-18)23-20-10-6-3-7-11-20;1-18(11-13-7-9-15(17)10-8-13)12-16(19)14-5-3-2-4-6-14/h2-15,22-23,25H,16-17H2,1H3;2-10,16,19H,11-12H2,1H3/t22-;16-/m00/s1. The number of hydrogen-bond acceptors (Lipinski definition) is 5. The molecule has 0 heterocycles. The van der Waals surface area contributed by atoms with Crippen LogP contribution in [0.15, 0.2) is 144 Å². The monoisotopic (exact) mass is 651 g/mol. The summed E-state index contributed by atoms with van der Waals surface area (Å²) >= 11 is 3.43. The first-order chi connectivity index (χ1) is 21.4. The number of hydrogen-bond donors (Lipinski definition) is 3. The van der Waals surface area contributed by atoms with E-state index in [4.69, 9.17) is 0 Å². The predicted molar refractivity (Wildman–Crippen MR) is 186 cm³/mol. The van der Waals surface area contributed by atoms with Crippen LogP contribution < -0.4 is 5.32 Å². The average molecular weight is 653 g/mol. The SMILES string of the molecule is CN(Cc1ccc(Br)cc1)C[C@H](O)c1ccccc1.CN(Cc1ccc(Nc2ccccc2)cc1)C[C@H](O)c1ccccc1. The van der Waals surface area contributed by atoms with Gasteiger partial charge in [-0.15, -0.1) is 0 Å². The Balaban J connectivity index is 0.000000209. The van der Waals surface area contributed by atoms with Gasteiger partial charge in [0.2, 0.25) is 0 Å². The van der Waals surface area contributed by atoms with Crippen LogP contribution in [0, 0.1) is 0 Å². The fourth-order valence-corrected chi connectivity index (χ4v) is 5.14. The molecular weight excluding hydrogens is 610 g/mol. The number of likely N-dealkylation sites (N-methyl/N-ethyl adjacent to an activating group) is 2. The van der Waals surface area contributed by atoms with Gasteiger partial charge in [-0.3, -0.25) is 9.80 Å². The molecule has 5 aromatic carbocycles. The molecule has 0 bridgehead atoms. The molecule has 0 spiro atoms. The van der Waals surface area contributed by atoms with Crippen molar-refractivity contribution in [2.45, 2.75) is 25.3 Å². The zero-order valence-corrected chi connectivity index (χ0v) is 27.0. The van der Waals surface area contributed by atoms with E-state index >= 15 is 0 Å². The highest BCUT2D eigenvalue weighted by Gasteiger charge is 2.11. The number of halogens is 1. The predicted octanol–water partition coefficient (Wildman–Crippen LogP) is 8.21. The van der Waals surface area contributed by atoms with Crippen LogP contribution in [0.1, 0.15) is 34.5 Å². The molecule has 228 valence electrons. The summed E-state index contributed by atoms with van der Waals surface area (Å²) in [5.74, 6) is 0. The van der Waals surface area contributed by atoms with Crippen molar-refractivity contribution in [3.8, 4) is 0 Å². The molecule has 44 heavy (non-hydrogen) atoms. The van der Waals surface area contributed by atoms with Crippen molar-refractivity contribution in [1.82, 2.24) is 9.80 Å². The summed E-state index contributed by atoms with van der Waals surface area (Å²) in [5, 5.41) is 23.9. The maximum absolute atomic E-state index is 10.3. The third-order valence-corrected chi connectivity index (χ3v) is 7.70. The zero-order chi connectivity index (χ0) is 31.1. The van der Waals surface area contributed by atoms with E-state index in [1.165, 1.54) is 11.1 Å². The van der Waals surface area contributed by atoms with Gasteiger partial charge in [0, 0.05) is 42.0 Å². The van der Waals surface area contributed by atoms with E-state index in [0.29, 0.717) is 13.1 Å². The van der Waals surface area contributed by atoms with Gasteiger partial charge in [-0.05, 0) is 72.7 Å².